The lowest BCUT2D eigenvalue weighted by atomic mass is 10.1. The van der Waals surface area contributed by atoms with Crippen LogP contribution >= 0.6 is 11.6 Å². The first-order valence-electron chi connectivity index (χ1n) is 9.42. The van der Waals surface area contributed by atoms with Gasteiger partial charge in [-0.1, -0.05) is 11.6 Å². The van der Waals surface area contributed by atoms with Gasteiger partial charge in [0.15, 0.2) is 5.60 Å². The van der Waals surface area contributed by atoms with Gasteiger partial charge in [-0.15, -0.1) is 0 Å². The average molecular weight is 483 g/mol. The van der Waals surface area contributed by atoms with E-state index >= 15 is 0 Å². The van der Waals surface area contributed by atoms with E-state index in [-0.39, 0.29) is 33.6 Å². The maximum Gasteiger partial charge on any atom is 0.337 e. The zero-order chi connectivity index (χ0) is 23.7. The van der Waals surface area contributed by atoms with Crippen molar-refractivity contribution in [2.45, 2.75) is 31.0 Å². The minimum Gasteiger partial charge on any atom is -0.497 e. The minimum absolute atomic E-state index is 0.111. The quantitative estimate of drug-likeness (QED) is 0.355. The molecule has 0 N–H and O–H groups in total. The maximum absolute atomic E-state index is 13.8. The molecule has 0 amide bonds. The highest BCUT2D eigenvalue weighted by Gasteiger charge is 2.32. The summed E-state index contributed by atoms with van der Waals surface area (Å²) in [6, 6.07) is 9.04. The van der Waals surface area contributed by atoms with Crippen LogP contribution in [0.5, 0.6) is 11.5 Å². The van der Waals surface area contributed by atoms with Crippen LogP contribution in [0.1, 0.15) is 19.5 Å². The highest BCUT2D eigenvalue weighted by Crippen LogP contribution is 2.33. The number of rotatable bonds is 8. The molecule has 11 heteroatoms. The first kappa shape index (κ1) is 23.8. The summed E-state index contributed by atoms with van der Waals surface area (Å²) in [7, 11) is -0.149. The molecule has 2 heterocycles. The Hall–Kier alpha value is -2.82. The number of hydrogen-bond acceptors (Lipinski definition) is 8. The lowest BCUT2D eigenvalue weighted by Gasteiger charge is -2.22. The van der Waals surface area contributed by atoms with Crippen LogP contribution in [0, 0.1) is 0 Å². The lowest BCUT2D eigenvalue weighted by Crippen LogP contribution is -2.36. The Bertz CT molecular complexity index is 1270. The van der Waals surface area contributed by atoms with Crippen molar-refractivity contribution in [3.05, 3.63) is 47.2 Å². The fourth-order valence-electron chi connectivity index (χ4n) is 3.12. The average Bonchev–Trinajstić information content (AvgIpc) is 3.14. The molecule has 0 aliphatic heterocycles. The molecule has 9 nitrogen and oxygen atoms in total. The van der Waals surface area contributed by atoms with Crippen molar-refractivity contribution in [1.29, 1.82) is 0 Å². The number of fused-ring (bicyclic) bond motifs is 1. The number of ether oxygens (including phenoxy) is 4. The molecule has 0 saturated heterocycles. The molecule has 3 rings (SSSR count). The summed E-state index contributed by atoms with van der Waals surface area (Å²) in [4.78, 5) is 16.1. The summed E-state index contributed by atoms with van der Waals surface area (Å²) in [5.74, 6) is -0.124. The van der Waals surface area contributed by atoms with Crippen molar-refractivity contribution < 1.29 is 32.2 Å². The predicted octanol–water partition coefficient (Wildman–Crippen LogP) is 3.41. The molecule has 0 fully saturated rings. The third-order valence-electron chi connectivity index (χ3n) is 4.80. The number of benzene rings is 1. The number of esters is 1. The molecule has 0 aliphatic rings. The Balaban J connectivity index is 2.21. The second kappa shape index (κ2) is 8.97. The summed E-state index contributed by atoms with van der Waals surface area (Å²) in [5.41, 5.74) is -0.443. The molecule has 2 aromatic heterocycles. The van der Waals surface area contributed by atoms with E-state index < -0.39 is 21.6 Å². The number of methoxy groups -OCH3 is 3. The molecule has 0 spiro atoms. The van der Waals surface area contributed by atoms with Crippen LogP contribution in [0.2, 0.25) is 5.15 Å². The van der Waals surface area contributed by atoms with Gasteiger partial charge in [-0.2, -0.15) is 0 Å². The van der Waals surface area contributed by atoms with Crippen molar-refractivity contribution in [1.82, 2.24) is 8.96 Å². The fraction of sp³-hybridized carbons (Fsp3) is 0.333. The van der Waals surface area contributed by atoms with E-state index in [1.807, 2.05) is 0 Å². The summed E-state index contributed by atoms with van der Waals surface area (Å²) >= 11 is 6.01. The van der Waals surface area contributed by atoms with Crippen molar-refractivity contribution >= 4 is 38.6 Å². The smallest absolute Gasteiger partial charge is 0.337 e. The Labute approximate surface area is 190 Å². The lowest BCUT2D eigenvalue weighted by molar-refractivity contribution is -0.166. The molecular formula is C21H23ClN2O7S. The summed E-state index contributed by atoms with van der Waals surface area (Å²) in [6.45, 7) is 2.84. The number of pyridine rings is 1. The Morgan fingerprint density at radius 2 is 1.81 bits per heavy atom. The Morgan fingerprint density at radius 1 is 1.09 bits per heavy atom. The molecular weight excluding hydrogens is 460 g/mol. The third kappa shape index (κ3) is 4.38. The van der Waals surface area contributed by atoms with Gasteiger partial charge in [-0.05, 0) is 44.2 Å². The van der Waals surface area contributed by atoms with Gasteiger partial charge in [-0.3, -0.25) is 0 Å². The second-order valence-electron chi connectivity index (χ2n) is 7.25. The van der Waals surface area contributed by atoms with E-state index in [0.717, 1.165) is 3.97 Å². The van der Waals surface area contributed by atoms with Crippen molar-refractivity contribution in [3.8, 4) is 11.5 Å². The standard InChI is InChI=1S/C21H23ClN2O7S/c1-21(2,20(25)30-5)31-12-13-10-15-16(7-9-19(22)23-15)24(13)32(26,27)18-11-14(28-3)6-8-17(18)29-4/h6-11H,12H2,1-5H3. The number of hydrogen-bond donors (Lipinski definition) is 0. The van der Waals surface area contributed by atoms with E-state index in [4.69, 9.17) is 30.5 Å². The van der Waals surface area contributed by atoms with Crippen LogP contribution in [-0.2, 0) is 30.9 Å². The molecule has 0 radical (unpaired) electrons. The molecule has 1 aromatic carbocycles. The van der Waals surface area contributed by atoms with E-state index in [1.54, 1.807) is 18.2 Å². The van der Waals surface area contributed by atoms with Gasteiger partial charge in [0, 0.05) is 6.07 Å². The molecule has 172 valence electrons. The topological polar surface area (TPSA) is 106 Å². The van der Waals surface area contributed by atoms with Crippen molar-refractivity contribution in [2.24, 2.45) is 0 Å². The largest absolute Gasteiger partial charge is 0.497 e. The minimum atomic E-state index is -4.20. The third-order valence-corrected chi connectivity index (χ3v) is 6.80. The number of carbonyl (C=O) groups excluding carboxylic acids is 1. The number of halogens is 1. The van der Waals surface area contributed by atoms with Crippen LogP contribution in [0.4, 0.5) is 0 Å². The Morgan fingerprint density at radius 3 is 2.44 bits per heavy atom. The highest BCUT2D eigenvalue weighted by atomic mass is 35.5. The number of carbonyl (C=O) groups is 1. The summed E-state index contributed by atoms with van der Waals surface area (Å²) in [6.07, 6.45) is 0. The van der Waals surface area contributed by atoms with E-state index in [2.05, 4.69) is 4.98 Å². The summed E-state index contributed by atoms with van der Waals surface area (Å²) in [5, 5.41) is 0.202. The fourth-order valence-corrected chi connectivity index (χ4v) is 4.97. The second-order valence-corrected chi connectivity index (χ2v) is 9.39. The van der Waals surface area contributed by atoms with Crippen LogP contribution in [0.25, 0.3) is 11.0 Å². The van der Waals surface area contributed by atoms with Crippen LogP contribution in [-0.4, -0.2) is 50.3 Å². The first-order valence-corrected chi connectivity index (χ1v) is 11.2. The van der Waals surface area contributed by atoms with Crippen molar-refractivity contribution in [3.63, 3.8) is 0 Å². The Kier molecular flexibility index (Phi) is 6.68. The van der Waals surface area contributed by atoms with Crippen LogP contribution in [0.3, 0.4) is 0 Å². The van der Waals surface area contributed by atoms with Gasteiger partial charge in [0.1, 0.15) is 21.5 Å². The molecule has 0 unspecified atom stereocenters. The van der Waals surface area contributed by atoms with E-state index in [1.165, 1.54) is 53.4 Å². The monoisotopic (exact) mass is 482 g/mol. The van der Waals surface area contributed by atoms with Gasteiger partial charge >= 0.3 is 5.97 Å². The zero-order valence-corrected chi connectivity index (χ0v) is 19.8. The van der Waals surface area contributed by atoms with E-state index in [0.29, 0.717) is 11.3 Å². The zero-order valence-electron chi connectivity index (χ0n) is 18.2. The van der Waals surface area contributed by atoms with Crippen LogP contribution < -0.4 is 9.47 Å². The molecule has 0 aliphatic carbocycles. The molecule has 3 aromatic rings. The normalized spacial score (nSPS) is 12.1. The molecule has 0 saturated carbocycles. The molecule has 0 atom stereocenters. The van der Waals surface area contributed by atoms with Gasteiger partial charge in [-0.25, -0.2) is 22.2 Å². The molecule has 0 bridgehead atoms. The first-order chi connectivity index (χ1) is 15.0. The predicted molar refractivity (Wildman–Crippen MR) is 118 cm³/mol. The van der Waals surface area contributed by atoms with Gasteiger partial charge in [0.25, 0.3) is 10.0 Å². The van der Waals surface area contributed by atoms with Crippen LogP contribution in [0.15, 0.2) is 41.3 Å². The van der Waals surface area contributed by atoms with E-state index in [9.17, 15) is 13.2 Å². The van der Waals surface area contributed by atoms with Gasteiger partial charge in [0.05, 0.1) is 44.7 Å². The highest BCUT2D eigenvalue weighted by molar-refractivity contribution is 7.90. The van der Waals surface area contributed by atoms with Gasteiger partial charge < -0.3 is 18.9 Å². The number of nitrogens with zero attached hydrogens (tertiary/aromatic N) is 2. The van der Waals surface area contributed by atoms with Crippen molar-refractivity contribution in [2.75, 3.05) is 21.3 Å². The summed E-state index contributed by atoms with van der Waals surface area (Å²) < 4.78 is 49.6. The number of aromatic nitrogens is 2. The SMILES string of the molecule is COC(=O)C(C)(C)OCc1cc2nc(Cl)ccc2n1S(=O)(=O)c1cc(OC)ccc1OC. The maximum atomic E-state index is 13.8. The molecule has 32 heavy (non-hydrogen) atoms. The van der Waals surface area contributed by atoms with Gasteiger partial charge in [0.2, 0.25) is 0 Å².